The molecule has 0 bridgehead atoms. The van der Waals surface area contributed by atoms with E-state index < -0.39 is 0 Å². The number of thioether (sulfide) groups is 1. The zero-order valence-electron chi connectivity index (χ0n) is 8.95. The average Bonchev–Trinajstić information content (AvgIpc) is 2.79. The predicted molar refractivity (Wildman–Crippen MR) is 66.0 cm³/mol. The van der Waals surface area contributed by atoms with Gasteiger partial charge >= 0.3 is 0 Å². The van der Waals surface area contributed by atoms with E-state index in [1.165, 1.54) is 23.1 Å². The third kappa shape index (κ3) is 3.75. The molecule has 1 N–H and O–H groups in total. The van der Waals surface area contributed by atoms with Gasteiger partial charge in [0.25, 0.3) is 0 Å². The molecule has 0 aliphatic rings. The van der Waals surface area contributed by atoms with E-state index in [9.17, 15) is 4.79 Å². The van der Waals surface area contributed by atoms with E-state index >= 15 is 0 Å². The van der Waals surface area contributed by atoms with Crippen molar-refractivity contribution in [2.75, 3.05) is 11.1 Å². The Morgan fingerprint density at radius 3 is 3.18 bits per heavy atom. The zero-order valence-corrected chi connectivity index (χ0v) is 10.6. The number of carbonyl (C=O) groups excluding carboxylic acids is 1. The van der Waals surface area contributed by atoms with E-state index in [0.29, 0.717) is 10.3 Å². The number of anilines is 1. The van der Waals surface area contributed by atoms with Gasteiger partial charge < -0.3 is 0 Å². The molecule has 0 fully saturated rings. The highest BCUT2D eigenvalue weighted by Crippen LogP contribution is 2.14. The van der Waals surface area contributed by atoms with Crippen LogP contribution in [-0.4, -0.2) is 31.8 Å². The molecule has 0 aromatic carbocycles. The molecular formula is C9H9N5OS2. The molecule has 0 aliphatic heterocycles. The Morgan fingerprint density at radius 2 is 2.47 bits per heavy atom. The first-order valence-electron chi connectivity index (χ1n) is 4.72. The summed E-state index contributed by atoms with van der Waals surface area (Å²) in [6.07, 6.45) is 1.67. The summed E-state index contributed by atoms with van der Waals surface area (Å²) in [5.41, 5.74) is 2.44. The highest BCUT2D eigenvalue weighted by molar-refractivity contribution is 7.99. The molecule has 0 spiro atoms. The molecule has 8 heteroatoms. The molecule has 0 saturated carbocycles. The fourth-order valence-corrected chi connectivity index (χ4v) is 2.15. The lowest BCUT2D eigenvalue weighted by Gasteiger charge is -2.00. The number of rotatable bonds is 4. The molecule has 88 valence electrons. The Balaban J connectivity index is 1.84. The fraction of sp³-hybridized carbons (Fsp3) is 0.222. The zero-order chi connectivity index (χ0) is 12.1. The van der Waals surface area contributed by atoms with Gasteiger partial charge in [0, 0.05) is 11.9 Å². The van der Waals surface area contributed by atoms with Crippen LogP contribution in [0.4, 0.5) is 5.13 Å². The standard InChI is InChI=1S/C9H9N5OS2/c1-6-2-3-10-8(12-6)16-4-7(15)13-9-14-11-5-17-9/h2-3,5H,4H2,1H3,(H,13,14,15). The van der Waals surface area contributed by atoms with Crippen LogP contribution >= 0.6 is 23.1 Å². The van der Waals surface area contributed by atoms with E-state index in [2.05, 4.69) is 25.5 Å². The van der Waals surface area contributed by atoms with Crippen molar-refractivity contribution in [2.24, 2.45) is 0 Å². The molecule has 0 aliphatic carbocycles. The van der Waals surface area contributed by atoms with Crippen LogP contribution in [0.3, 0.4) is 0 Å². The molecule has 17 heavy (non-hydrogen) atoms. The number of amides is 1. The SMILES string of the molecule is Cc1ccnc(SCC(=O)Nc2nncs2)n1. The van der Waals surface area contributed by atoms with Crippen LogP contribution in [0, 0.1) is 6.92 Å². The van der Waals surface area contributed by atoms with Gasteiger partial charge in [-0.05, 0) is 13.0 Å². The minimum atomic E-state index is -0.142. The molecule has 0 radical (unpaired) electrons. The lowest BCUT2D eigenvalue weighted by molar-refractivity contribution is -0.113. The first-order valence-corrected chi connectivity index (χ1v) is 6.59. The van der Waals surface area contributed by atoms with Crippen molar-refractivity contribution < 1.29 is 4.79 Å². The molecule has 2 aromatic rings. The summed E-state index contributed by atoms with van der Waals surface area (Å²) in [5, 5.41) is 11.1. The van der Waals surface area contributed by atoms with Crippen LogP contribution in [-0.2, 0) is 4.79 Å². The van der Waals surface area contributed by atoms with Crippen molar-refractivity contribution in [1.82, 2.24) is 20.2 Å². The normalized spacial score (nSPS) is 10.2. The van der Waals surface area contributed by atoms with Crippen molar-refractivity contribution in [3.63, 3.8) is 0 Å². The van der Waals surface area contributed by atoms with Crippen molar-refractivity contribution in [2.45, 2.75) is 12.1 Å². The maximum absolute atomic E-state index is 11.5. The summed E-state index contributed by atoms with van der Waals surface area (Å²) in [5.74, 6) is 0.111. The number of hydrogen-bond donors (Lipinski definition) is 1. The largest absolute Gasteiger partial charge is 0.300 e. The van der Waals surface area contributed by atoms with Crippen LogP contribution in [0.15, 0.2) is 22.9 Å². The second kappa shape index (κ2) is 5.69. The summed E-state index contributed by atoms with van der Waals surface area (Å²) >= 11 is 2.57. The molecule has 0 saturated heterocycles. The number of aryl methyl sites for hydroxylation is 1. The maximum Gasteiger partial charge on any atom is 0.236 e. The molecule has 0 unspecified atom stereocenters. The minimum absolute atomic E-state index is 0.142. The van der Waals surface area contributed by atoms with Crippen LogP contribution in [0.5, 0.6) is 0 Å². The quantitative estimate of drug-likeness (QED) is 0.665. The van der Waals surface area contributed by atoms with Crippen molar-refractivity contribution in [3.05, 3.63) is 23.5 Å². The van der Waals surface area contributed by atoms with Gasteiger partial charge in [-0.3, -0.25) is 10.1 Å². The highest BCUT2D eigenvalue weighted by Gasteiger charge is 2.06. The van der Waals surface area contributed by atoms with Gasteiger partial charge in [-0.2, -0.15) is 0 Å². The summed E-state index contributed by atoms with van der Waals surface area (Å²) in [7, 11) is 0. The van der Waals surface area contributed by atoms with Crippen LogP contribution in [0.1, 0.15) is 5.69 Å². The maximum atomic E-state index is 11.5. The second-order valence-electron chi connectivity index (χ2n) is 3.06. The third-order valence-corrected chi connectivity index (χ3v) is 3.18. The molecule has 2 heterocycles. The highest BCUT2D eigenvalue weighted by atomic mass is 32.2. The summed E-state index contributed by atoms with van der Waals surface area (Å²) in [6.45, 7) is 1.88. The number of nitrogens with zero attached hydrogens (tertiary/aromatic N) is 4. The third-order valence-electron chi connectivity index (χ3n) is 1.71. The smallest absolute Gasteiger partial charge is 0.236 e. The lowest BCUT2D eigenvalue weighted by Crippen LogP contribution is -2.14. The van der Waals surface area contributed by atoms with Crippen molar-refractivity contribution in [1.29, 1.82) is 0 Å². The first kappa shape index (κ1) is 11.9. The Kier molecular flexibility index (Phi) is 3.99. The van der Waals surface area contributed by atoms with Gasteiger partial charge in [0.2, 0.25) is 11.0 Å². The molecule has 2 rings (SSSR count). The Hall–Kier alpha value is -1.54. The summed E-state index contributed by atoms with van der Waals surface area (Å²) in [6, 6.07) is 1.81. The monoisotopic (exact) mass is 267 g/mol. The average molecular weight is 267 g/mol. The number of aromatic nitrogens is 4. The van der Waals surface area contributed by atoms with Crippen LogP contribution in [0.2, 0.25) is 0 Å². The van der Waals surface area contributed by atoms with Gasteiger partial charge in [0.05, 0.1) is 5.75 Å². The molecule has 6 nitrogen and oxygen atoms in total. The Labute approximate surface area is 106 Å². The lowest BCUT2D eigenvalue weighted by atomic mass is 10.5. The van der Waals surface area contributed by atoms with Gasteiger partial charge in [0.15, 0.2) is 5.16 Å². The van der Waals surface area contributed by atoms with Gasteiger partial charge in [-0.25, -0.2) is 9.97 Å². The predicted octanol–water partition coefficient (Wildman–Crippen LogP) is 1.37. The molecule has 2 aromatic heterocycles. The summed E-state index contributed by atoms with van der Waals surface area (Å²) in [4.78, 5) is 19.8. The van der Waals surface area contributed by atoms with Gasteiger partial charge in [-0.15, -0.1) is 10.2 Å². The molecule has 1 amide bonds. The minimum Gasteiger partial charge on any atom is -0.300 e. The van der Waals surface area contributed by atoms with Gasteiger partial charge in [0.1, 0.15) is 5.51 Å². The number of hydrogen-bond acceptors (Lipinski definition) is 7. The van der Waals surface area contributed by atoms with Crippen LogP contribution in [0.25, 0.3) is 0 Å². The van der Waals surface area contributed by atoms with Gasteiger partial charge in [-0.1, -0.05) is 23.1 Å². The van der Waals surface area contributed by atoms with E-state index in [-0.39, 0.29) is 11.7 Å². The van der Waals surface area contributed by atoms with Crippen LogP contribution < -0.4 is 5.32 Å². The fourth-order valence-electron chi connectivity index (χ4n) is 1.01. The number of carbonyl (C=O) groups is 1. The second-order valence-corrected chi connectivity index (χ2v) is 4.84. The van der Waals surface area contributed by atoms with E-state index in [1.54, 1.807) is 11.7 Å². The number of nitrogens with one attached hydrogen (secondary N) is 1. The Bertz CT molecular complexity index is 502. The molecular weight excluding hydrogens is 258 g/mol. The molecule has 0 atom stereocenters. The van der Waals surface area contributed by atoms with E-state index in [4.69, 9.17) is 0 Å². The first-order chi connectivity index (χ1) is 8.24. The van der Waals surface area contributed by atoms with E-state index in [1.807, 2.05) is 13.0 Å². The van der Waals surface area contributed by atoms with Crippen molar-refractivity contribution >= 4 is 34.1 Å². The topological polar surface area (TPSA) is 80.7 Å². The Morgan fingerprint density at radius 1 is 1.59 bits per heavy atom. The van der Waals surface area contributed by atoms with Crippen molar-refractivity contribution in [3.8, 4) is 0 Å². The van der Waals surface area contributed by atoms with E-state index in [0.717, 1.165) is 5.69 Å². The summed E-state index contributed by atoms with van der Waals surface area (Å²) < 4.78 is 0.